The summed E-state index contributed by atoms with van der Waals surface area (Å²) in [6.45, 7) is 3.59. The second-order valence-electron chi connectivity index (χ2n) is 4.39. The number of nitrogens with zero attached hydrogens (tertiary/aromatic N) is 1. The molecule has 0 aliphatic carbocycles. The Kier molecular flexibility index (Phi) is 3.93. The minimum absolute atomic E-state index is 0.0129. The zero-order chi connectivity index (χ0) is 13.1. The molecule has 6 nitrogen and oxygen atoms in total. The summed E-state index contributed by atoms with van der Waals surface area (Å²) in [6.07, 6.45) is 0.508. The van der Waals surface area contributed by atoms with Gasteiger partial charge in [-0.15, -0.1) is 11.3 Å². The maximum atomic E-state index is 11.7. The molecule has 1 aromatic heterocycles. The Morgan fingerprint density at radius 3 is 2.89 bits per heavy atom. The number of carbonyl (C=O) groups excluding carboxylic acids is 1. The number of amides is 1. The third-order valence-electron chi connectivity index (χ3n) is 2.83. The van der Waals surface area contributed by atoms with E-state index in [1.807, 2.05) is 0 Å². The van der Waals surface area contributed by atoms with Crippen molar-refractivity contribution < 1.29 is 14.7 Å². The van der Waals surface area contributed by atoms with Crippen LogP contribution in [0.15, 0.2) is 5.38 Å². The highest BCUT2D eigenvalue weighted by Gasteiger charge is 2.22. The van der Waals surface area contributed by atoms with Crippen molar-refractivity contribution in [1.29, 1.82) is 0 Å². The molecule has 2 rings (SSSR count). The van der Waals surface area contributed by atoms with Crippen molar-refractivity contribution in [1.82, 2.24) is 15.6 Å². The zero-order valence-corrected chi connectivity index (χ0v) is 10.8. The molecule has 1 atom stereocenters. The molecule has 3 N–H and O–H groups in total. The fourth-order valence-corrected chi connectivity index (χ4v) is 2.50. The number of nitrogens with one attached hydrogen (secondary N) is 2. The molecule has 0 radical (unpaired) electrons. The van der Waals surface area contributed by atoms with Gasteiger partial charge in [-0.25, -0.2) is 9.78 Å². The van der Waals surface area contributed by atoms with Crippen LogP contribution in [0.5, 0.6) is 0 Å². The monoisotopic (exact) mass is 269 g/mol. The Labute approximate surface area is 108 Å². The maximum Gasteiger partial charge on any atom is 0.355 e. The quantitative estimate of drug-likeness (QED) is 0.729. The van der Waals surface area contributed by atoms with Crippen LogP contribution in [0, 0.1) is 5.92 Å². The minimum atomic E-state index is -1.04. The summed E-state index contributed by atoms with van der Waals surface area (Å²) in [5.74, 6) is -0.638. The van der Waals surface area contributed by atoms with Crippen LogP contribution >= 0.6 is 11.3 Å². The lowest BCUT2D eigenvalue weighted by Gasteiger charge is -2.26. The third kappa shape index (κ3) is 3.05. The summed E-state index contributed by atoms with van der Waals surface area (Å²) in [7, 11) is 0. The normalized spacial score (nSPS) is 16.9. The van der Waals surface area contributed by atoms with Gasteiger partial charge in [0.15, 0.2) is 5.69 Å². The van der Waals surface area contributed by atoms with Gasteiger partial charge in [0.25, 0.3) is 0 Å². The van der Waals surface area contributed by atoms with Gasteiger partial charge in [-0.3, -0.25) is 4.79 Å². The summed E-state index contributed by atoms with van der Waals surface area (Å²) in [5, 5.41) is 16.8. The van der Waals surface area contributed by atoms with Crippen molar-refractivity contribution >= 4 is 23.2 Å². The van der Waals surface area contributed by atoms with Crippen LogP contribution in [0.3, 0.4) is 0 Å². The van der Waals surface area contributed by atoms with Crippen LogP contribution in [0.25, 0.3) is 0 Å². The molecule has 0 saturated carbocycles. The number of hydrogen-bond acceptors (Lipinski definition) is 5. The number of carbonyl (C=O) groups is 2. The average Bonchev–Trinajstić information content (AvgIpc) is 2.72. The highest BCUT2D eigenvalue weighted by Crippen LogP contribution is 2.18. The first kappa shape index (κ1) is 13.0. The van der Waals surface area contributed by atoms with E-state index in [0.29, 0.717) is 17.3 Å². The Morgan fingerprint density at radius 1 is 1.67 bits per heavy atom. The Bertz CT molecular complexity index is 456. The molecule has 1 aliphatic rings. The number of aromatic nitrogens is 1. The first-order valence-corrected chi connectivity index (χ1v) is 6.63. The van der Waals surface area contributed by atoms with Crippen molar-refractivity contribution in [2.24, 2.45) is 5.92 Å². The predicted molar refractivity (Wildman–Crippen MR) is 66.6 cm³/mol. The number of aromatic carboxylic acids is 1. The molecule has 1 fully saturated rings. The summed E-state index contributed by atoms with van der Waals surface area (Å²) in [4.78, 5) is 26.4. The van der Waals surface area contributed by atoms with Crippen LogP contribution < -0.4 is 10.6 Å². The Balaban J connectivity index is 1.87. The molecule has 7 heteroatoms. The lowest BCUT2D eigenvalue weighted by Crippen LogP contribution is -2.44. The summed E-state index contributed by atoms with van der Waals surface area (Å²) in [5.41, 5.74) is 0.0271. The van der Waals surface area contributed by atoms with E-state index in [2.05, 4.69) is 15.6 Å². The van der Waals surface area contributed by atoms with Crippen LogP contribution in [0.4, 0.5) is 0 Å². The first-order valence-electron chi connectivity index (χ1n) is 5.75. The SMILES string of the molecule is CC(NC(=O)CC1CNC1)c1nc(C(=O)O)cs1. The summed E-state index contributed by atoms with van der Waals surface area (Å²) in [6, 6.07) is -0.247. The Hall–Kier alpha value is -1.47. The van der Waals surface area contributed by atoms with Crippen molar-refractivity contribution in [3.63, 3.8) is 0 Å². The van der Waals surface area contributed by atoms with Crippen LogP contribution in [0.2, 0.25) is 0 Å². The first-order chi connectivity index (χ1) is 8.56. The van der Waals surface area contributed by atoms with E-state index in [9.17, 15) is 9.59 Å². The summed E-state index contributed by atoms with van der Waals surface area (Å²) >= 11 is 1.25. The van der Waals surface area contributed by atoms with E-state index >= 15 is 0 Å². The van der Waals surface area contributed by atoms with Gasteiger partial charge in [0.2, 0.25) is 5.91 Å². The lowest BCUT2D eigenvalue weighted by atomic mass is 9.99. The van der Waals surface area contributed by atoms with Gasteiger partial charge in [0.1, 0.15) is 5.01 Å². The van der Waals surface area contributed by atoms with Crippen LogP contribution in [-0.2, 0) is 4.79 Å². The molecule has 2 heterocycles. The van der Waals surface area contributed by atoms with Gasteiger partial charge in [-0.2, -0.15) is 0 Å². The van der Waals surface area contributed by atoms with Gasteiger partial charge >= 0.3 is 5.97 Å². The molecule has 1 aromatic rings. The molecule has 1 aliphatic heterocycles. The minimum Gasteiger partial charge on any atom is -0.476 e. The van der Waals surface area contributed by atoms with E-state index in [-0.39, 0.29) is 17.6 Å². The molecule has 1 unspecified atom stereocenters. The second kappa shape index (κ2) is 5.45. The van der Waals surface area contributed by atoms with Crippen LogP contribution in [-0.4, -0.2) is 35.1 Å². The van der Waals surface area contributed by atoms with E-state index in [1.165, 1.54) is 16.7 Å². The van der Waals surface area contributed by atoms with E-state index in [1.54, 1.807) is 6.92 Å². The molecule has 0 aromatic carbocycles. The van der Waals surface area contributed by atoms with E-state index in [0.717, 1.165) is 13.1 Å². The second-order valence-corrected chi connectivity index (χ2v) is 5.28. The molecule has 1 amide bonds. The third-order valence-corrected chi connectivity index (χ3v) is 3.86. The summed E-state index contributed by atoms with van der Waals surface area (Å²) < 4.78 is 0. The topological polar surface area (TPSA) is 91.3 Å². The van der Waals surface area contributed by atoms with Gasteiger partial charge in [-0.05, 0) is 25.9 Å². The van der Waals surface area contributed by atoms with Crippen molar-refractivity contribution in [2.45, 2.75) is 19.4 Å². The van der Waals surface area contributed by atoms with Crippen molar-refractivity contribution in [2.75, 3.05) is 13.1 Å². The molecular formula is C11H15N3O3S. The molecule has 0 bridgehead atoms. The van der Waals surface area contributed by atoms with Gasteiger partial charge in [-0.1, -0.05) is 0 Å². The van der Waals surface area contributed by atoms with Gasteiger partial charge in [0, 0.05) is 11.8 Å². The molecule has 18 heavy (non-hydrogen) atoms. The number of carboxylic acids is 1. The number of thiazole rings is 1. The molecular weight excluding hydrogens is 254 g/mol. The fourth-order valence-electron chi connectivity index (χ4n) is 1.70. The van der Waals surface area contributed by atoms with Crippen molar-refractivity contribution in [3.8, 4) is 0 Å². The lowest BCUT2D eigenvalue weighted by molar-refractivity contribution is -0.123. The smallest absolute Gasteiger partial charge is 0.355 e. The highest BCUT2D eigenvalue weighted by molar-refractivity contribution is 7.09. The zero-order valence-electron chi connectivity index (χ0n) is 9.97. The van der Waals surface area contributed by atoms with Gasteiger partial charge in [0.05, 0.1) is 6.04 Å². The van der Waals surface area contributed by atoms with Gasteiger partial charge < -0.3 is 15.7 Å². The molecule has 0 spiro atoms. The number of carboxylic acid groups (broad SMARTS) is 1. The highest BCUT2D eigenvalue weighted by atomic mass is 32.1. The predicted octanol–water partition coefficient (Wildman–Crippen LogP) is 0.628. The number of rotatable bonds is 5. The van der Waals surface area contributed by atoms with E-state index in [4.69, 9.17) is 5.11 Å². The Morgan fingerprint density at radius 2 is 2.39 bits per heavy atom. The van der Waals surface area contributed by atoms with Crippen LogP contribution in [0.1, 0.15) is 34.9 Å². The maximum absolute atomic E-state index is 11.7. The standard InChI is InChI=1S/C11H15N3O3S/c1-6(10-14-8(5-18-10)11(16)17)13-9(15)2-7-3-12-4-7/h5-7,12H,2-4H2,1H3,(H,13,15)(H,16,17). The molecule has 1 saturated heterocycles. The van der Waals surface area contributed by atoms with Crippen molar-refractivity contribution in [3.05, 3.63) is 16.1 Å². The average molecular weight is 269 g/mol. The largest absolute Gasteiger partial charge is 0.476 e. The fraction of sp³-hybridized carbons (Fsp3) is 0.545. The number of hydrogen-bond donors (Lipinski definition) is 3. The van der Waals surface area contributed by atoms with E-state index < -0.39 is 5.97 Å². The molecule has 98 valence electrons.